The van der Waals surface area contributed by atoms with Crippen LogP contribution in [0.2, 0.25) is 5.02 Å². The van der Waals surface area contributed by atoms with Crippen molar-refractivity contribution in [3.8, 4) is 0 Å². The van der Waals surface area contributed by atoms with E-state index in [4.69, 9.17) is 16.7 Å². The first-order valence-corrected chi connectivity index (χ1v) is 12.2. The van der Waals surface area contributed by atoms with Crippen molar-refractivity contribution >= 4 is 46.3 Å². The number of carbonyl (C=O) groups is 1. The Morgan fingerprint density at radius 2 is 1.61 bits per heavy atom. The van der Waals surface area contributed by atoms with E-state index in [-0.39, 0.29) is 12.3 Å². The fraction of sp³-hybridized carbons (Fsp3) is 0.320. The smallest absolute Gasteiger partial charge is 0.395 e. The van der Waals surface area contributed by atoms with Gasteiger partial charge in [-0.3, -0.25) is 4.90 Å². The van der Waals surface area contributed by atoms with E-state index in [0.717, 1.165) is 49.8 Å². The molecule has 9 nitrogen and oxygen atoms in total. The molecule has 1 aliphatic heterocycles. The molecule has 0 atom stereocenters. The van der Waals surface area contributed by atoms with Gasteiger partial charge in [0.1, 0.15) is 17.5 Å². The molecule has 2 heterocycles. The van der Waals surface area contributed by atoms with Crippen LogP contribution >= 0.6 is 11.6 Å². The number of aromatic nitrogens is 2. The van der Waals surface area contributed by atoms with Crippen LogP contribution in [0.15, 0.2) is 48.5 Å². The lowest BCUT2D eigenvalue weighted by Crippen LogP contribution is -2.47. The summed E-state index contributed by atoms with van der Waals surface area (Å²) in [5.74, 6) is 2.05. The van der Waals surface area contributed by atoms with Crippen LogP contribution in [0.25, 0.3) is 0 Å². The molecule has 1 aliphatic rings. The number of benzene rings is 2. The second-order valence-electron chi connectivity index (χ2n) is 8.68. The van der Waals surface area contributed by atoms with Gasteiger partial charge in [-0.25, -0.2) is 14.8 Å². The van der Waals surface area contributed by atoms with Gasteiger partial charge in [-0.15, -0.1) is 0 Å². The second kappa shape index (κ2) is 11.8. The van der Waals surface area contributed by atoms with E-state index >= 15 is 0 Å². The third-order valence-corrected chi connectivity index (χ3v) is 6.21. The van der Waals surface area contributed by atoms with Crippen molar-refractivity contribution in [3.63, 3.8) is 0 Å². The van der Waals surface area contributed by atoms with Crippen molar-refractivity contribution in [2.75, 3.05) is 60.2 Å². The van der Waals surface area contributed by atoms with E-state index in [0.29, 0.717) is 23.9 Å². The predicted molar refractivity (Wildman–Crippen MR) is 141 cm³/mol. The Morgan fingerprint density at radius 3 is 2.26 bits per heavy atom. The monoisotopic (exact) mass is 549 g/mol. The van der Waals surface area contributed by atoms with Crippen molar-refractivity contribution in [3.05, 3.63) is 64.9 Å². The largest absolute Gasteiger partial charge is 0.417 e. The molecule has 3 aromatic rings. The SMILES string of the molecule is Cc1nc(Nc2ccc(NC(=O)Nc3ccc(Cl)c(C(F)(F)F)c3)cc2)cc(N2CCN(CCO)CC2)n1. The molecule has 4 N–H and O–H groups in total. The number of aliphatic hydroxyl groups is 1. The average molecular weight is 550 g/mol. The van der Waals surface area contributed by atoms with Crippen LogP contribution in [0.1, 0.15) is 11.4 Å². The number of rotatable bonds is 7. The lowest BCUT2D eigenvalue weighted by molar-refractivity contribution is -0.137. The van der Waals surface area contributed by atoms with Gasteiger partial charge in [0.25, 0.3) is 0 Å². The maximum absolute atomic E-state index is 13.0. The second-order valence-corrected chi connectivity index (χ2v) is 9.09. The molecular formula is C25H27ClF3N7O2. The highest BCUT2D eigenvalue weighted by molar-refractivity contribution is 6.31. The highest BCUT2D eigenvalue weighted by Gasteiger charge is 2.33. The van der Waals surface area contributed by atoms with Crippen molar-refractivity contribution in [2.45, 2.75) is 13.1 Å². The molecule has 2 aromatic carbocycles. The molecule has 1 fully saturated rings. The molecule has 202 valence electrons. The quantitative estimate of drug-likeness (QED) is 0.330. The minimum absolute atomic E-state index is 0.0396. The van der Waals surface area contributed by atoms with Crippen molar-refractivity contribution < 1.29 is 23.1 Å². The number of urea groups is 1. The van der Waals surface area contributed by atoms with E-state index < -0.39 is 22.8 Å². The number of hydrogen-bond acceptors (Lipinski definition) is 7. The number of aliphatic hydroxyl groups excluding tert-OH is 1. The summed E-state index contributed by atoms with van der Waals surface area (Å²) in [5.41, 5.74) is 0.0976. The summed E-state index contributed by atoms with van der Waals surface area (Å²) in [7, 11) is 0. The fourth-order valence-corrected chi connectivity index (χ4v) is 4.24. The van der Waals surface area contributed by atoms with Gasteiger partial charge < -0.3 is 26.0 Å². The normalized spacial score (nSPS) is 14.3. The van der Waals surface area contributed by atoms with Gasteiger partial charge in [-0.05, 0) is 49.4 Å². The van der Waals surface area contributed by atoms with Gasteiger partial charge >= 0.3 is 12.2 Å². The van der Waals surface area contributed by atoms with Crippen molar-refractivity contribution in [2.24, 2.45) is 0 Å². The van der Waals surface area contributed by atoms with E-state index in [1.807, 2.05) is 13.0 Å². The molecular weight excluding hydrogens is 523 g/mol. The van der Waals surface area contributed by atoms with Gasteiger partial charge in [0, 0.05) is 55.9 Å². The Hall–Kier alpha value is -3.61. The molecule has 1 saturated heterocycles. The Morgan fingerprint density at radius 1 is 0.974 bits per heavy atom. The average Bonchev–Trinajstić information content (AvgIpc) is 2.86. The van der Waals surface area contributed by atoms with Gasteiger partial charge in [-0.1, -0.05) is 11.6 Å². The first kappa shape index (κ1) is 27.4. The third-order valence-electron chi connectivity index (χ3n) is 5.88. The summed E-state index contributed by atoms with van der Waals surface area (Å²) < 4.78 is 39.1. The molecule has 0 bridgehead atoms. The maximum Gasteiger partial charge on any atom is 0.417 e. The molecule has 1 aromatic heterocycles. The van der Waals surface area contributed by atoms with Gasteiger partial charge in [0.05, 0.1) is 17.2 Å². The van der Waals surface area contributed by atoms with E-state index in [1.165, 1.54) is 6.07 Å². The Kier molecular flexibility index (Phi) is 8.55. The van der Waals surface area contributed by atoms with E-state index in [1.54, 1.807) is 24.3 Å². The number of amides is 2. The number of aryl methyl sites for hydroxylation is 1. The zero-order chi connectivity index (χ0) is 27.3. The molecule has 0 spiro atoms. The van der Waals surface area contributed by atoms with Gasteiger partial charge in [-0.2, -0.15) is 13.2 Å². The molecule has 0 aliphatic carbocycles. The number of piperazine rings is 1. The van der Waals surface area contributed by atoms with Crippen LogP contribution in [0.3, 0.4) is 0 Å². The first-order valence-electron chi connectivity index (χ1n) is 11.9. The summed E-state index contributed by atoms with van der Waals surface area (Å²) in [5, 5.41) is 16.9. The summed E-state index contributed by atoms with van der Waals surface area (Å²) in [4.78, 5) is 25.7. The summed E-state index contributed by atoms with van der Waals surface area (Å²) in [6.07, 6.45) is -4.63. The molecule has 2 amide bonds. The topological polar surface area (TPSA) is 106 Å². The zero-order valence-electron chi connectivity index (χ0n) is 20.5. The third kappa shape index (κ3) is 7.24. The molecule has 0 saturated carbocycles. The van der Waals surface area contributed by atoms with Crippen LogP contribution in [0.5, 0.6) is 0 Å². The highest BCUT2D eigenvalue weighted by Crippen LogP contribution is 2.36. The number of carbonyl (C=O) groups excluding carboxylic acids is 1. The number of anilines is 5. The van der Waals surface area contributed by atoms with E-state index in [9.17, 15) is 18.0 Å². The lowest BCUT2D eigenvalue weighted by atomic mass is 10.2. The van der Waals surface area contributed by atoms with Gasteiger partial charge in [0.15, 0.2) is 0 Å². The van der Waals surface area contributed by atoms with Crippen molar-refractivity contribution in [1.82, 2.24) is 14.9 Å². The molecule has 38 heavy (non-hydrogen) atoms. The zero-order valence-corrected chi connectivity index (χ0v) is 21.3. The fourth-order valence-electron chi connectivity index (χ4n) is 4.02. The Labute approximate surface area is 222 Å². The molecule has 4 rings (SSSR count). The van der Waals surface area contributed by atoms with Crippen LogP contribution in [0, 0.1) is 6.92 Å². The van der Waals surface area contributed by atoms with Crippen LogP contribution in [0.4, 0.5) is 46.7 Å². The minimum Gasteiger partial charge on any atom is -0.395 e. The number of hydrogen-bond donors (Lipinski definition) is 4. The first-order chi connectivity index (χ1) is 18.1. The number of halogens is 4. The number of nitrogens with one attached hydrogen (secondary N) is 3. The summed E-state index contributed by atoms with van der Waals surface area (Å²) in [6, 6.07) is 11.1. The van der Waals surface area contributed by atoms with Gasteiger partial charge in [0.2, 0.25) is 0 Å². The molecule has 0 radical (unpaired) electrons. The number of β-amino-alcohol motifs (C(OH)–C–C–N with tert-alkyl or cyclic N) is 1. The number of nitrogens with zero attached hydrogens (tertiary/aromatic N) is 4. The lowest BCUT2D eigenvalue weighted by Gasteiger charge is -2.35. The minimum atomic E-state index is -4.63. The summed E-state index contributed by atoms with van der Waals surface area (Å²) >= 11 is 5.62. The van der Waals surface area contributed by atoms with Crippen LogP contribution < -0.4 is 20.9 Å². The highest BCUT2D eigenvalue weighted by atomic mass is 35.5. The Balaban J connectivity index is 1.36. The predicted octanol–water partition coefficient (Wildman–Crippen LogP) is 4.96. The standard InChI is InChI=1S/C25H27ClF3N7O2/c1-16-30-22(15-23(31-16)36-10-8-35(9-11-36)12-13-37)32-17-2-4-18(5-3-17)33-24(38)34-19-6-7-21(26)20(14-19)25(27,28)29/h2-7,14-15,37H,8-13H2,1H3,(H,30,31,32)(H2,33,34,38). The number of alkyl halides is 3. The van der Waals surface area contributed by atoms with Crippen LogP contribution in [-0.2, 0) is 6.18 Å². The molecule has 0 unspecified atom stereocenters. The van der Waals surface area contributed by atoms with Crippen molar-refractivity contribution in [1.29, 1.82) is 0 Å². The Bertz CT molecular complexity index is 1270. The molecule has 13 heteroatoms. The summed E-state index contributed by atoms with van der Waals surface area (Å²) in [6.45, 7) is 5.91. The van der Waals surface area contributed by atoms with Crippen LogP contribution in [-0.4, -0.2) is 65.3 Å². The maximum atomic E-state index is 13.0. The van der Waals surface area contributed by atoms with E-state index in [2.05, 4.69) is 35.7 Å².